The van der Waals surface area contributed by atoms with Gasteiger partial charge in [0, 0.05) is 31.9 Å². The Kier molecular flexibility index (Phi) is 5.41. The quantitative estimate of drug-likeness (QED) is 0.438. The van der Waals surface area contributed by atoms with E-state index in [1.165, 1.54) is 18.5 Å². The van der Waals surface area contributed by atoms with Gasteiger partial charge in [0.2, 0.25) is 0 Å². The van der Waals surface area contributed by atoms with Crippen molar-refractivity contribution < 1.29 is 13.6 Å². The summed E-state index contributed by atoms with van der Waals surface area (Å²) in [6.45, 7) is 3.95. The van der Waals surface area contributed by atoms with Crippen LogP contribution >= 0.6 is 0 Å². The molecule has 7 nitrogen and oxygen atoms in total. The Morgan fingerprint density at radius 1 is 1.19 bits per heavy atom. The van der Waals surface area contributed by atoms with E-state index in [4.69, 9.17) is 0 Å². The van der Waals surface area contributed by atoms with Gasteiger partial charge in [-0.3, -0.25) is 4.79 Å². The highest BCUT2D eigenvalue weighted by atomic mass is 19.1. The lowest BCUT2D eigenvalue weighted by molar-refractivity contribution is 0.0954. The van der Waals surface area contributed by atoms with Crippen LogP contribution in [0.5, 0.6) is 0 Å². The molecular weight excluding hydrogens is 402 g/mol. The summed E-state index contributed by atoms with van der Waals surface area (Å²) in [5, 5.41) is 5.53. The fraction of sp³-hybridized carbons (Fsp3) is 0.227. The third-order valence-electron chi connectivity index (χ3n) is 4.99. The zero-order chi connectivity index (χ0) is 22.1. The zero-order valence-corrected chi connectivity index (χ0v) is 17.4. The predicted octanol–water partition coefficient (Wildman–Crippen LogP) is 3.91. The van der Waals surface area contributed by atoms with Gasteiger partial charge in [-0.2, -0.15) is 0 Å². The molecule has 0 aliphatic rings. The molecule has 0 aliphatic heterocycles. The lowest BCUT2D eigenvalue weighted by Gasteiger charge is -2.15. The number of benzene rings is 2. The first kappa shape index (κ1) is 20.5. The van der Waals surface area contributed by atoms with Crippen molar-refractivity contribution in [2.24, 2.45) is 7.05 Å². The van der Waals surface area contributed by atoms with Gasteiger partial charge in [-0.1, -0.05) is 6.07 Å². The molecule has 2 aromatic heterocycles. The molecule has 2 aromatic carbocycles. The number of halogens is 2. The first-order chi connectivity index (χ1) is 14.8. The van der Waals surface area contributed by atoms with Gasteiger partial charge in [0.1, 0.15) is 17.2 Å². The van der Waals surface area contributed by atoms with Crippen molar-refractivity contribution in [3.8, 4) is 0 Å². The maximum absolute atomic E-state index is 15.3. The van der Waals surface area contributed by atoms with E-state index in [2.05, 4.69) is 25.6 Å². The summed E-state index contributed by atoms with van der Waals surface area (Å²) in [5.41, 5.74) is 2.22. The third-order valence-corrected chi connectivity index (χ3v) is 4.99. The van der Waals surface area contributed by atoms with Gasteiger partial charge >= 0.3 is 0 Å². The van der Waals surface area contributed by atoms with E-state index in [0.717, 1.165) is 17.1 Å². The fourth-order valence-electron chi connectivity index (χ4n) is 3.37. The molecule has 0 saturated carbocycles. The average molecular weight is 424 g/mol. The number of nitrogens with zero attached hydrogens (tertiary/aromatic N) is 3. The third kappa shape index (κ3) is 4.11. The van der Waals surface area contributed by atoms with Crippen LogP contribution in [-0.2, 0) is 13.5 Å². The molecule has 0 saturated heterocycles. The minimum atomic E-state index is -0.718. The molecule has 160 valence electrons. The Morgan fingerprint density at radius 2 is 2.00 bits per heavy atom. The van der Waals surface area contributed by atoms with E-state index in [1.54, 1.807) is 36.9 Å². The number of fused-ring (bicyclic) bond motifs is 1. The summed E-state index contributed by atoms with van der Waals surface area (Å²) in [6, 6.07) is 6.10. The monoisotopic (exact) mass is 424 g/mol. The number of aryl methyl sites for hydroxylation is 3. The van der Waals surface area contributed by atoms with Crippen LogP contribution in [0.3, 0.4) is 0 Å². The molecule has 2 heterocycles. The minimum Gasteiger partial charge on any atom is -0.352 e. The van der Waals surface area contributed by atoms with Gasteiger partial charge in [0.25, 0.3) is 5.91 Å². The molecule has 31 heavy (non-hydrogen) atoms. The molecule has 0 unspecified atom stereocenters. The van der Waals surface area contributed by atoms with Crippen molar-refractivity contribution in [3.05, 3.63) is 71.1 Å². The summed E-state index contributed by atoms with van der Waals surface area (Å²) in [7, 11) is 1.71. The van der Waals surface area contributed by atoms with E-state index in [9.17, 15) is 9.18 Å². The van der Waals surface area contributed by atoms with Crippen molar-refractivity contribution in [1.29, 1.82) is 0 Å². The molecule has 0 bridgehead atoms. The number of H-pyrrole nitrogens is 1. The van der Waals surface area contributed by atoms with E-state index in [-0.39, 0.29) is 22.5 Å². The number of imidazole rings is 2. The SMILES string of the molecule is Cc1ccc(Nc2c(C(=O)NCCc3ncc(C)[nH]3)cc3c(ncn3C)c2F)c(F)c1. The topological polar surface area (TPSA) is 87.6 Å². The summed E-state index contributed by atoms with van der Waals surface area (Å²) in [5.74, 6) is -1.00. The van der Waals surface area contributed by atoms with Crippen LogP contribution in [0.4, 0.5) is 20.2 Å². The molecule has 0 spiro atoms. The van der Waals surface area contributed by atoms with Crippen LogP contribution in [0.15, 0.2) is 36.8 Å². The number of hydrogen-bond donors (Lipinski definition) is 3. The molecular formula is C22H22F2N6O. The lowest BCUT2D eigenvalue weighted by Crippen LogP contribution is -2.27. The second-order valence-corrected chi connectivity index (χ2v) is 7.46. The number of rotatable bonds is 6. The Morgan fingerprint density at radius 3 is 2.71 bits per heavy atom. The Hall–Kier alpha value is -3.75. The number of amides is 1. The number of anilines is 2. The van der Waals surface area contributed by atoms with Crippen LogP contribution in [0.25, 0.3) is 11.0 Å². The van der Waals surface area contributed by atoms with Crippen LogP contribution < -0.4 is 10.6 Å². The number of hydrogen-bond acceptors (Lipinski definition) is 4. The Bertz CT molecular complexity index is 1280. The number of nitrogens with one attached hydrogen (secondary N) is 3. The van der Waals surface area contributed by atoms with Crippen molar-refractivity contribution in [2.45, 2.75) is 20.3 Å². The predicted molar refractivity (Wildman–Crippen MR) is 114 cm³/mol. The standard InChI is InChI=1S/C22H22F2N6O/c1-12-4-5-16(15(23)8-12)29-20-14(9-17-21(19(20)24)27-11-30(17)3)22(31)25-7-6-18-26-10-13(2)28-18/h4-5,8-11,29H,6-7H2,1-3H3,(H,25,31)(H,26,28). The molecule has 1 amide bonds. The average Bonchev–Trinajstić information content (AvgIpc) is 3.31. The fourth-order valence-corrected chi connectivity index (χ4v) is 3.37. The van der Waals surface area contributed by atoms with Gasteiger partial charge in [-0.25, -0.2) is 18.7 Å². The second-order valence-electron chi connectivity index (χ2n) is 7.46. The number of aromatic amines is 1. The Balaban J connectivity index is 1.67. The highest BCUT2D eigenvalue weighted by molar-refractivity contribution is 6.04. The summed E-state index contributed by atoms with van der Waals surface area (Å²) in [4.78, 5) is 24.3. The van der Waals surface area contributed by atoms with Crippen LogP contribution in [0.2, 0.25) is 0 Å². The molecule has 4 aromatic rings. The van der Waals surface area contributed by atoms with Gasteiger partial charge in [-0.15, -0.1) is 0 Å². The van der Waals surface area contributed by atoms with E-state index >= 15 is 4.39 Å². The molecule has 3 N–H and O–H groups in total. The lowest BCUT2D eigenvalue weighted by atomic mass is 10.1. The number of aromatic nitrogens is 4. The van der Waals surface area contributed by atoms with Crippen molar-refractivity contribution in [3.63, 3.8) is 0 Å². The Labute approximate surface area is 177 Å². The number of carbonyl (C=O) groups excluding carboxylic acids is 1. The largest absolute Gasteiger partial charge is 0.352 e. The molecule has 0 aliphatic carbocycles. The minimum absolute atomic E-state index is 0.0594. The molecule has 0 radical (unpaired) electrons. The normalized spacial score (nSPS) is 11.1. The first-order valence-electron chi connectivity index (χ1n) is 9.79. The molecule has 0 atom stereocenters. The maximum Gasteiger partial charge on any atom is 0.253 e. The summed E-state index contributed by atoms with van der Waals surface area (Å²) < 4.78 is 31.4. The van der Waals surface area contributed by atoms with E-state index < -0.39 is 17.5 Å². The molecule has 0 fully saturated rings. The summed E-state index contributed by atoms with van der Waals surface area (Å²) >= 11 is 0. The van der Waals surface area contributed by atoms with Gasteiger partial charge in [0.15, 0.2) is 5.82 Å². The second kappa shape index (κ2) is 8.17. The van der Waals surface area contributed by atoms with E-state index in [1.807, 2.05) is 6.92 Å². The highest BCUT2D eigenvalue weighted by Gasteiger charge is 2.22. The van der Waals surface area contributed by atoms with Crippen molar-refractivity contribution in [2.75, 3.05) is 11.9 Å². The highest BCUT2D eigenvalue weighted by Crippen LogP contribution is 2.31. The van der Waals surface area contributed by atoms with Crippen molar-refractivity contribution in [1.82, 2.24) is 24.8 Å². The smallest absolute Gasteiger partial charge is 0.253 e. The van der Waals surface area contributed by atoms with Crippen LogP contribution in [-0.4, -0.2) is 32.0 Å². The van der Waals surface area contributed by atoms with E-state index in [0.29, 0.717) is 18.5 Å². The molecule has 9 heteroatoms. The maximum atomic E-state index is 15.3. The molecule has 4 rings (SSSR count). The van der Waals surface area contributed by atoms with Crippen LogP contribution in [0, 0.1) is 25.5 Å². The zero-order valence-electron chi connectivity index (χ0n) is 17.4. The first-order valence-corrected chi connectivity index (χ1v) is 9.79. The summed E-state index contributed by atoms with van der Waals surface area (Å²) in [6.07, 6.45) is 3.66. The van der Waals surface area contributed by atoms with Gasteiger partial charge in [-0.05, 0) is 37.6 Å². The van der Waals surface area contributed by atoms with Gasteiger partial charge in [0.05, 0.1) is 28.8 Å². The van der Waals surface area contributed by atoms with Gasteiger partial charge < -0.3 is 20.2 Å². The number of carbonyl (C=O) groups is 1. The van der Waals surface area contributed by atoms with Crippen molar-refractivity contribution >= 4 is 28.3 Å². The van der Waals surface area contributed by atoms with Crippen LogP contribution in [0.1, 0.15) is 27.4 Å².